The Morgan fingerprint density at radius 1 is 1.42 bits per heavy atom. The maximum absolute atomic E-state index is 12.1. The van der Waals surface area contributed by atoms with E-state index >= 15 is 0 Å². The second-order valence-corrected chi connectivity index (χ2v) is 6.38. The van der Waals surface area contributed by atoms with Crippen molar-refractivity contribution in [2.24, 2.45) is 5.92 Å². The molecule has 0 bridgehead atoms. The molecule has 108 valence electrons. The van der Waals surface area contributed by atoms with Gasteiger partial charge >= 0.3 is 12.0 Å². The molecule has 0 spiro atoms. The highest BCUT2D eigenvalue weighted by Gasteiger charge is 2.32. The fourth-order valence-electron chi connectivity index (χ4n) is 2.58. The lowest BCUT2D eigenvalue weighted by Crippen LogP contribution is -2.54. The van der Waals surface area contributed by atoms with Crippen molar-refractivity contribution in [3.05, 3.63) is 0 Å². The van der Waals surface area contributed by atoms with Gasteiger partial charge in [-0.05, 0) is 25.9 Å². The Morgan fingerprint density at radius 2 is 2.21 bits per heavy atom. The van der Waals surface area contributed by atoms with Gasteiger partial charge in [-0.1, -0.05) is 0 Å². The number of urea groups is 1. The summed E-state index contributed by atoms with van der Waals surface area (Å²) in [5.41, 5.74) is 0. The van der Waals surface area contributed by atoms with Crippen LogP contribution in [0, 0.1) is 5.92 Å². The highest BCUT2D eigenvalue weighted by Crippen LogP contribution is 2.17. The first-order valence-electron chi connectivity index (χ1n) is 6.61. The van der Waals surface area contributed by atoms with Gasteiger partial charge in [0.1, 0.15) is 6.04 Å². The fourth-order valence-corrected chi connectivity index (χ4v) is 3.62. The standard InChI is InChI=1S/C12H21N3O3S/c1-14-3-2-9(7-14)6-13-12(18)15-4-5-19-8-10(15)11(16)17/h9-10H,2-8H2,1H3,(H,13,18)(H,16,17). The molecule has 2 aliphatic rings. The smallest absolute Gasteiger partial charge is 0.327 e. The van der Waals surface area contributed by atoms with Gasteiger partial charge in [0.15, 0.2) is 0 Å². The number of carbonyl (C=O) groups is 2. The minimum Gasteiger partial charge on any atom is -0.480 e. The van der Waals surface area contributed by atoms with Gasteiger partial charge < -0.3 is 20.2 Å². The molecule has 19 heavy (non-hydrogen) atoms. The summed E-state index contributed by atoms with van der Waals surface area (Å²) >= 11 is 1.59. The third-order valence-electron chi connectivity index (χ3n) is 3.71. The first-order chi connectivity index (χ1) is 9.08. The van der Waals surface area contributed by atoms with Gasteiger partial charge in [0, 0.05) is 31.1 Å². The first-order valence-corrected chi connectivity index (χ1v) is 7.77. The van der Waals surface area contributed by atoms with E-state index in [9.17, 15) is 9.59 Å². The Hall–Kier alpha value is -0.950. The monoisotopic (exact) mass is 287 g/mol. The van der Waals surface area contributed by atoms with E-state index in [-0.39, 0.29) is 6.03 Å². The maximum atomic E-state index is 12.1. The van der Waals surface area contributed by atoms with Crippen LogP contribution in [0.5, 0.6) is 0 Å². The number of nitrogens with zero attached hydrogens (tertiary/aromatic N) is 2. The van der Waals surface area contributed by atoms with Crippen LogP contribution in [0.25, 0.3) is 0 Å². The van der Waals surface area contributed by atoms with Crippen molar-refractivity contribution in [2.75, 3.05) is 44.7 Å². The molecular formula is C12H21N3O3S. The lowest BCUT2D eigenvalue weighted by atomic mass is 10.1. The zero-order valence-corrected chi connectivity index (χ0v) is 12.0. The zero-order chi connectivity index (χ0) is 13.8. The average Bonchev–Trinajstić information content (AvgIpc) is 2.81. The van der Waals surface area contributed by atoms with E-state index in [1.54, 1.807) is 11.8 Å². The summed E-state index contributed by atoms with van der Waals surface area (Å²) < 4.78 is 0. The highest BCUT2D eigenvalue weighted by molar-refractivity contribution is 7.99. The number of amides is 2. The number of carboxylic acid groups (broad SMARTS) is 1. The summed E-state index contributed by atoms with van der Waals surface area (Å²) in [6.45, 7) is 3.22. The predicted molar refractivity (Wildman–Crippen MR) is 74.5 cm³/mol. The summed E-state index contributed by atoms with van der Waals surface area (Å²) in [7, 11) is 2.07. The van der Waals surface area contributed by atoms with E-state index in [1.807, 2.05) is 0 Å². The van der Waals surface area contributed by atoms with E-state index < -0.39 is 12.0 Å². The quantitative estimate of drug-likeness (QED) is 0.773. The molecule has 2 aliphatic heterocycles. The van der Waals surface area contributed by atoms with Crippen molar-refractivity contribution >= 4 is 23.8 Å². The third-order valence-corrected chi connectivity index (χ3v) is 4.73. The average molecular weight is 287 g/mol. The molecule has 0 aromatic rings. The maximum Gasteiger partial charge on any atom is 0.327 e. The van der Waals surface area contributed by atoms with Crippen molar-refractivity contribution in [3.8, 4) is 0 Å². The molecule has 2 atom stereocenters. The molecule has 2 rings (SSSR count). The van der Waals surface area contributed by atoms with E-state index in [1.165, 1.54) is 4.90 Å². The third kappa shape index (κ3) is 3.76. The largest absolute Gasteiger partial charge is 0.480 e. The Labute approximate surface area is 117 Å². The summed E-state index contributed by atoms with van der Waals surface area (Å²) in [6.07, 6.45) is 1.09. The highest BCUT2D eigenvalue weighted by atomic mass is 32.2. The lowest BCUT2D eigenvalue weighted by molar-refractivity contribution is -0.141. The van der Waals surface area contributed by atoms with E-state index in [4.69, 9.17) is 5.11 Å². The molecule has 0 aromatic carbocycles. The van der Waals surface area contributed by atoms with Crippen molar-refractivity contribution in [1.29, 1.82) is 0 Å². The van der Waals surface area contributed by atoms with Crippen LogP contribution >= 0.6 is 11.8 Å². The second-order valence-electron chi connectivity index (χ2n) is 5.23. The van der Waals surface area contributed by atoms with Crippen LogP contribution in [0.2, 0.25) is 0 Å². The molecule has 2 unspecified atom stereocenters. The van der Waals surface area contributed by atoms with E-state index in [0.29, 0.717) is 24.8 Å². The molecule has 7 heteroatoms. The van der Waals surface area contributed by atoms with Crippen molar-refractivity contribution < 1.29 is 14.7 Å². The summed E-state index contributed by atoms with van der Waals surface area (Å²) in [4.78, 5) is 26.9. The van der Waals surface area contributed by atoms with Crippen LogP contribution in [0.15, 0.2) is 0 Å². The molecule has 2 saturated heterocycles. The van der Waals surface area contributed by atoms with Gasteiger partial charge in [-0.2, -0.15) is 11.8 Å². The molecule has 0 saturated carbocycles. The number of hydrogen-bond acceptors (Lipinski definition) is 4. The Balaban J connectivity index is 1.82. The van der Waals surface area contributed by atoms with Gasteiger partial charge in [-0.25, -0.2) is 9.59 Å². The molecule has 6 nitrogen and oxygen atoms in total. The molecule has 0 aromatic heterocycles. The Bertz CT molecular complexity index is 353. The van der Waals surface area contributed by atoms with Gasteiger partial charge in [0.05, 0.1) is 0 Å². The van der Waals surface area contributed by atoms with Crippen LogP contribution < -0.4 is 5.32 Å². The molecular weight excluding hydrogens is 266 g/mol. The number of rotatable bonds is 3. The normalized spacial score (nSPS) is 28.4. The van der Waals surface area contributed by atoms with Crippen molar-refractivity contribution in [1.82, 2.24) is 15.1 Å². The lowest BCUT2D eigenvalue weighted by Gasteiger charge is -2.32. The second kappa shape index (κ2) is 6.47. The minimum atomic E-state index is -0.914. The molecule has 0 aliphatic carbocycles. The van der Waals surface area contributed by atoms with Crippen molar-refractivity contribution in [2.45, 2.75) is 12.5 Å². The topological polar surface area (TPSA) is 72.9 Å². The van der Waals surface area contributed by atoms with Crippen LogP contribution in [0.3, 0.4) is 0 Å². The van der Waals surface area contributed by atoms with Gasteiger partial charge in [0.25, 0.3) is 0 Å². The van der Waals surface area contributed by atoms with E-state index in [0.717, 1.165) is 25.3 Å². The fraction of sp³-hybridized carbons (Fsp3) is 0.833. The van der Waals surface area contributed by atoms with Crippen LogP contribution in [-0.2, 0) is 4.79 Å². The minimum absolute atomic E-state index is 0.234. The number of hydrogen-bond donors (Lipinski definition) is 2. The number of nitrogens with one attached hydrogen (secondary N) is 1. The van der Waals surface area contributed by atoms with E-state index in [2.05, 4.69) is 17.3 Å². The van der Waals surface area contributed by atoms with Crippen LogP contribution in [0.1, 0.15) is 6.42 Å². The first kappa shape index (κ1) is 14.5. The number of carboxylic acids is 1. The summed E-state index contributed by atoms with van der Waals surface area (Å²) in [5, 5.41) is 12.0. The zero-order valence-electron chi connectivity index (χ0n) is 11.2. The Kier molecular flexibility index (Phi) is 4.93. The van der Waals surface area contributed by atoms with Crippen LogP contribution in [0.4, 0.5) is 4.79 Å². The SMILES string of the molecule is CN1CCC(CNC(=O)N2CCSCC2C(=O)O)C1. The number of aliphatic carboxylic acids is 1. The number of thioether (sulfide) groups is 1. The molecule has 0 radical (unpaired) electrons. The summed E-state index contributed by atoms with van der Waals surface area (Å²) in [5.74, 6) is 0.859. The number of likely N-dealkylation sites (tertiary alicyclic amines) is 1. The Morgan fingerprint density at radius 3 is 2.84 bits per heavy atom. The predicted octanol–water partition coefficient (Wildman–Crippen LogP) is 0.150. The molecule has 2 heterocycles. The summed E-state index contributed by atoms with van der Waals surface area (Å²) in [6, 6.07) is -0.924. The number of carbonyl (C=O) groups excluding carboxylic acids is 1. The molecule has 2 amide bonds. The molecule has 2 fully saturated rings. The van der Waals surface area contributed by atoms with Gasteiger partial charge in [-0.15, -0.1) is 0 Å². The molecule has 2 N–H and O–H groups in total. The van der Waals surface area contributed by atoms with Crippen LogP contribution in [-0.4, -0.2) is 77.7 Å². The van der Waals surface area contributed by atoms with Crippen molar-refractivity contribution in [3.63, 3.8) is 0 Å². The van der Waals surface area contributed by atoms with Gasteiger partial charge in [0.2, 0.25) is 0 Å². The van der Waals surface area contributed by atoms with Gasteiger partial charge in [-0.3, -0.25) is 0 Å².